The first-order valence-electron chi connectivity index (χ1n) is 13.4. The minimum atomic E-state index is -1.80. The monoisotopic (exact) mass is 658 g/mol. The van der Waals surface area contributed by atoms with Crippen molar-refractivity contribution in [2.24, 2.45) is 0 Å². The van der Waals surface area contributed by atoms with Gasteiger partial charge in [-0.1, -0.05) is 35.4 Å². The summed E-state index contributed by atoms with van der Waals surface area (Å²) in [6, 6.07) is 25.4. The molecule has 0 aromatic heterocycles. The summed E-state index contributed by atoms with van der Waals surface area (Å²) in [6.07, 6.45) is 0. The number of benzene rings is 4. The second kappa shape index (κ2) is 13.4. The number of halogens is 2. The van der Waals surface area contributed by atoms with Crippen molar-refractivity contribution in [1.82, 2.24) is 0 Å². The molecule has 2 nitrogen and oxygen atoms in total. The van der Waals surface area contributed by atoms with Crippen LogP contribution in [0, 0.1) is 55.1 Å². The van der Waals surface area contributed by atoms with Gasteiger partial charge in [0.1, 0.15) is 0 Å². The van der Waals surface area contributed by atoms with Crippen LogP contribution in [-0.4, -0.2) is 17.7 Å². The van der Waals surface area contributed by atoms with E-state index in [1.807, 2.05) is 34.9 Å². The van der Waals surface area contributed by atoms with Crippen LogP contribution in [-0.2, 0) is 13.5 Å². The molecule has 0 bridgehead atoms. The van der Waals surface area contributed by atoms with Crippen LogP contribution in [0.15, 0.2) is 72.8 Å². The van der Waals surface area contributed by atoms with Gasteiger partial charge in [-0.05, 0) is 63.8 Å². The average Bonchev–Trinajstić information content (AvgIpc) is 3.33. The number of anilines is 2. The maximum atomic E-state index is 5.91. The van der Waals surface area contributed by atoms with Crippen LogP contribution in [0.2, 0.25) is 0 Å². The van der Waals surface area contributed by atoms with E-state index in [0.717, 1.165) is 35.3 Å². The summed E-state index contributed by atoms with van der Waals surface area (Å²) >= 11 is -1.80. The van der Waals surface area contributed by atoms with Gasteiger partial charge in [-0.3, -0.25) is 0 Å². The molecule has 5 rings (SSSR count). The van der Waals surface area contributed by atoms with Crippen molar-refractivity contribution in [2.75, 3.05) is 22.9 Å². The molecule has 1 fully saturated rings. The summed E-state index contributed by atoms with van der Waals surface area (Å²) in [5, 5.41) is 0. The summed E-state index contributed by atoms with van der Waals surface area (Å²) in [5.74, 6) is 0. The molecule has 0 saturated carbocycles. The first kappa shape index (κ1) is 30.4. The molecule has 0 radical (unpaired) electrons. The summed E-state index contributed by atoms with van der Waals surface area (Å²) in [5.41, 5.74) is 15.1. The van der Waals surface area contributed by atoms with Crippen LogP contribution in [0.25, 0.3) is 11.1 Å². The van der Waals surface area contributed by atoms with E-state index in [1.54, 1.807) is 0 Å². The van der Waals surface area contributed by atoms with Crippen molar-refractivity contribution in [3.05, 3.63) is 131 Å². The maximum absolute atomic E-state index is 5.91. The third-order valence-electron chi connectivity index (χ3n) is 7.19. The first-order chi connectivity index (χ1) is 19.0. The molecule has 0 amide bonds. The van der Waals surface area contributed by atoms with Gasteiger partial charge in [0.05, 0.1) is 0 Å². The van der Waals surface area contributed by atoms with E-state index >= 15 is 0 Å². The fourth-order valence-electron chi connectivity index (χ4n) is 5.76. The van der Waals surface area contributed by atoms with E-state index < -0.39 is 13.5 Å². The van der Waals surface area contributed by atoms with Gasteiger partial charge in [-0.2, -0.15) is 6.67 Å². The van der Waals surface area contributed by atoms with Gasteiger partial charge in [0.2, 0.25) is 0 Å². The Labute approximate surface area is 254 Å². The van der Waals surface area contributed by atoms with Gasteiger partial charge in [-0.25, -0.2) is 0 Å². The van der Waals surface area contributed by atoms with Gasteiger partial charge in [0.25, 0.3) is 0 Å². The average molecular weight is 659 g/mol. The molecular weight excluding hydrogens is 620 g/mol. The SMILES string of the molecule is Cc1cc(C)c(N2[CH-]N(c3c(C)cc(C)cc3C)CC2)c(C)c1.[CH2-]c1c([CH]=[Ru]([Cl])[Cl])cccc1-c1ccccc1. The molecule has 40 heavy (non-hydrogen) atoms. The Hall–Kier alpha value is -2.58. The van der Waals surface area contributed by atoms with E-state index in [9.17, 15) is 0 Å². The summed E-state index contributed by atoms with van der Waals surface area (Å²) < 4.78 is 1.93. The van der Waals surface area contributed by atoms with Crippen LogP contribution in [0.3, 0.4) is 0 Å². The minimum absolute atomic E-state index is 0.985. The third-order valence-corrected chi connectivity index (χ3v) is 9.02. The summed E-state index contributed by atoms with van der Waals surface area (Å²) in [7, 11) is 11.8. The van der Waals surface area contributed by atoms with E-state index in [0.29, 0.717) is 0 Å². The van der Waals surface area contributed by atoms with Crippen LogP contribution in [0.5, 0.6) is 0 Å². The molecule has 0 aliphatic carbocycles. The second-order valence-electron chi connectivity index (χ2n) is 10.5. The second-order valence-corrected chi connectivity index (χ2v) is 16.3. The number of hydrogen-bond acceptors (Lipinski definition) is 2. The summed E-state index contributed by atoms with van der Waals surface area (Å²) in [6.45, 7) is 21.7. The van der Waals surface area contributed by atoms with Crippen molar-refractivity contribution in [1.29, 1.82) is 0 Å². The molecule has 212 valence electrons. The molecule has 4 aromatic carbocycles. The number of rotatable bonds is 4. The van der Waals surface area contributed by atoms with Crippen molar-refractivity contribution >= 4 is 35.4 Å². The zero-order valence-electron chi connectivity index (χ0n) is 24.2. The Kier molecular flexibility index (Phi) is 10.2. The van der Waals surface area contributed by atoms with Crippen LogP contribution in [0.1, 0.15) is 44.5 Å². The molecule has 0 unspecified atom stereocenters. The van der Waals surface area contributed by atoms with E-state index in [1.165, 1.54) is 44.8 Å². The van der Waals surface area contributed by atoms with Crippen molar-refractivity contribution in [2.45, 2.75) is 41.5 Å². The fraction of sp³-hybridized carbons (Fsp3) is 0.229. The molecule has 5 heteroatoms. The zero-order chi connectivity index (χ0) is 29.0. The summed E-state index contributed by atoms with van der Waals surface area (Å²) in [4.78, 5) is 4.81. The van der Waals surface area contributed by atoms with Crippen LogP contribution in [0.4, 0.5) is 11.4 Å². The molecule has 1 heterocycles. The van der Waals surface area contributed by atoms with Crippen molar-refractivity contribution in [3.8, 4) is 11.1 Å². The van der Waals surface area contributed by atoms with Crippen molar-refractivity contribution in [3.63, 3.8) is 0 Å². The Morgan fingerprint density at radius 2 is 1.18 bits per heavy atom. The standard InChI is InChI=1S/C21H27N2.C14H11.2ClH.Ru/c1-14-9-16(3)20(17(4)10-14)22-7-8-23(13-22)21-18(5)11-15(2)12-19(21)6;1-11-7-6-10-14(12(11)2)13-8-4-3-5-9-13;;;/h9-13H,7-8H2,1-6H3;1,3-10H,2H2;2*1H;/q2*-1;;;+2/p-2. The molecular formula is C35H38Cl2N2Ru-2. The fourth-order valence-corrected chi connectivity index (χ4v) is 7.62. The Bertz CT molecular complexity index is 1410. The molecule has 0 atom stereocenters. The third kappa shape index (κ3) is 7.19. The van der Waals surface area contributed by atoms with Crippen LogP contribution >= 0.6 is 19.4 Å². The predicted octanol–water partition coefficient (Wildman–Crippen LogP) is 9.59. The molecule has 0 spiro atoms. The normalized spacial score (nSPS) is 13.2. The first-order valence-corrected chi connectivity index (χ1v) is 18.9. The van der Waals surface area contributed by atoms with E-state index in [-0.39, 0.29) is 0 Å². The molecule has 1 aliphatic heterocycles. The van der Waals surface area contributed by atoms with Crippen molar-refractivity contribution < 1.29 is 13.5 Å². The number of hydrogen-bond donors (Lipinski definition) is 0. The molecule has 0 N–H and O–H groups in total. The van der Waals surface area contributed by atoms with E-state index in [4.69, 9.17) is 19.4 Å². The van der Waals surface area contributed by atoms with Gasteiger partial charge in [0.15, 0.2) is 0 Å². The Balaban J connectivity index is 0.000000194. The van der Waals surface area contributed by atoms with Gasteiger partial charge >= 0.3 is 115 Å². The van der Waals surface area contributed by atoms with Gasteiger partial charge in [-0.15, -0.1) is 0 Å². The number of nitrogens with zero attached hydrogens (tertiary/aromatic N) is 2. The van der Waals surface area contributed by atoms with Crippen LogP contribution < -0.4 is 9.80 Å². The Morgan fingerprint density at radius 3 is 1.62 bits per heavy atom. The Morgan fingerprint density at radius 1 is 0.700 bits per heavy atom. The van der Waals surface area contributed by atoms with Gasteiger partial charge in [0, 0.05) is 24.5 Å². The molecule has 1 saturated heterocycles. The predicted molar refractivity (Wildman–Crippen MR) is 174 cm³/mol. The zero-order valence-corrected chi connectivity index (χ0v) is 27.5. The molecule has 4 aromatic rings. The number of aryl methyl sites for hydroxylation is 6. The topological polar surface area (TPSA) is 6.48 Å². The van der Waals surface area contributed by atoms with Gasteiger partial charge < -0.3 is 9.80 Å². The van der Waals surface area contributed by atoms with E-state index in [2.05, 4.69) is 107 Å². The quantitative estimate of drug-likeness (QED) is 0.159. The molecule has 1 aliphatic rings.